The summed E-state index contributed by atoms with van der Waals surface area (Å²) in [6.07, 6.45) is 0. The summed E-state index contributed by atoms with van der Waals surface area (Å²) in [5.74, 6) is 1.84. The first kappa shape index (κ1) is 46.2. The minimum Gasteiger partial charge on any atom is -0.309 e. The van der Waals surface area contributed by atoms with Crippen LogP contribution in [0.25, 0.3) is 95.0 Å². The molecule has 4 nitrogen and oxygen atoms in total. The maximum atomic E-state index is 5.36. The molecule has 0 spiro atoms. The predicted molar refractivity (Wildman–Crippen MR) is 320 cm³/mol. The van der Waals surface area contributed by atoms with Crippen LogP contribution in [0, 0.1) is 13.8 Å². The van der Waals surface area contributed by atoms with Gasteiger partial charge in [0.05, 0.1) is 11.0 Å². The highest BCUT2D eigenvalue weighted by Gasteiger charge is 2.41. The standard InChI is InChI=1S/C71H52N4Si/c1-49-31-35-51(36-32-49)55-39-43-67-65(46-55)66-47-56(52-37-33-50(2)34-38-52)40-44-68(66)75(67)58-41-42-63(71-73-69(53-19-8-3-9-20-53)72-70(74-71)54-21-10-4-11-22-54)64(48-58)57-23-18-30-62(45-57)76(59-24-12-5-13-25-59,60-26-14-6-15-27-60)61-28-16-7-17-29-61/h3-48H,1-2H3. The SMILES string of the molecule is Cc1ccc(-c2ccc3c(c2)c2cc(-c4ccc(C)cc4)ccc2n3-c2ccc(-c3nc(-c4ccccc4)nc(-c4ccccc4)n3)c(-c3cccc([Si](c4ccccc4)(c4ccccc4)c4ccccc4)c3)c2)cc1. The Hall–Kier alpha value is -9.55. The average molecular weight is 989 g/mol. The molecule has 0 amide bonds. The number of nitrogens with zero attached hydrogens (tertiary/aromatic N) is 4. The molecule has 360 valence electrons. The molecule has 0 N–H and O–H groups in total. The molecule has 0 atom stereocenters. The fraction of sp³-hybridized carbons (Fsp3) is 0.0282. The van der Waals surface area contributed by atoms with Crippen LogP contribution < -0.4 is 20.7 Å². The van der Waals surface area contributed by atoms with Gasteiger partial charge in [0.15, 0.2) is 25.5 Å². The fourth-order valence-electron chi connectivity index (χ4n) is 11.2. The summed E-state index contributed by atoms with van der Waals surface area (Å²) in [6.45, 7) is 4.28. The molecular weight excluding hydrogens is 937 g/mol. The zero-order chi connectivity index (χ0) is 51.0. The van der Waals surface area contributed by atoms with Gasteiger partial charge in [0.25, 0.3) is 0 Å². The van der Waals surface area contributed by atoms with Crippen molar-refractivity contribution < 1.29 is 0 Å². The molecule has 0 aliphatic rings. The highest BCUT2D eigenvalue weighted by atomic mass is 28.3. The third kappa shape index (κ3) is 8.43. The van der Waals surface area contributed by atoms with E-state index >= 15 is 0 Å². The van der Waals surface area contributed by atoms with Crippen LogP contribution in [0.3, 0.4) is 0 Å². The lowest BCUT2D eigenvalue weighted by Gasteiger charge is -2.34. The molecule has 0 fully saturated rings. The van der Waals surface area contributed by atoms with Crippen molar-refractivity contribution in [1.29, 1.82) is 0 Å². The van der Waals surface area contributed by atoms with Gasteiger partial charge < -0.3 is 4.57 Å². The molecule has 0 radical (unpaired) electrons. The number of aryl methyl sites for hydroxylation is 2. The van der Waals surface area contributed by atoms with Gasteiger partial charge in [-0.1, -0.05) is 248 Å². The van der Waals surface area contributed by atoms with Crippen molar-refractivity contribution in [2.24, 2.45) is 0 Å². The van der Waals surface area contributed by atoms with Crippen LogP contribution in [0.15, 0.2) is 279 Å². The van der Waals surface area contributed by atoms with Crippen LogP contribution in [-0.2, 0) is 0 Å². The minimum absolute atomic E-state index is 0.602. The summed E-state index contributed by atoms with van der Waals surface area (Å²) in [4.78, 5) is 15.8. The summed E-state index contributed by atoms with van der Waals surface area (Å²) >= 11 is 0. The zero-order valence-corrected chi connectivity index (χ0v) is 43.3. The Labute approximate surface area is 445 Å². The van der Waals surface area contributed by atoms with E-state index in [-0.39, 0.29) is 0 Å². The van der Waals surface area contributed by atoms with E-state index in [0.717, 1.165) is 44.5 Å². The first-order valence-electron chi connectivity index (χ1n) is 26.0. The molecule has 0 bridgehead atoms. The summed E-state index contributed by atoms with van der Waals surface area (Å²) < 4.78 is 2.44. The smallest absolute Gasteiger partial charge is 0.179 e. The number of hydrogen-bond acceptors (Lipinski definition) is 3. The van der Waals surface area contributed by atoms with Crippen LogP contribution in [0.4, 0.5) is 0 Å². The first-order chi connectivity index (χ1) is 37.5. The number of hydrogen-bond donors (Lipinski definition) is 0. The highest BCUT2D eigenvalue weighted by Crippen LogP contribution is 2.40. The van der Waals surface area contributed by atoms with E-state index in [1.165, 1.54) is 64.9 Å². The molecule has 0 saturated heterocycles. The first-order valence-corrected chi connectivity index (χ1v) is 28.0. The Kier molecular flexibility index (Phi) is 12.0. The normalized spacial score (nSPS) is 11.6. The summed E-state index contributed by atoms with van der Waals surface area (Å²) in [7, 11) is -2.93. The van der Waals surface area contributed by atoms with Gasteiger partial charge in [-0.25, -0.2) is 15.0 Å². The summed E-state index contributed by atoms with van der Waals surface area (Å²) in [5.41, 5.74) is 15.4. The van der Waals surface area contributed by atoms with Gasteiger partial charge >= 0.3 is 0 Å². The van der Waals surface area contributed by atoms with Crippen LogP contribution >= 0.6 is 0 Å². The molecule has 76 heavy (non-hydrogen) atoms. The van der Waals surface area contributed by atoms with Crippen molar-refractivity contribution in [2.45, 2.75) is 13.8 Å². The van der Waals surface area contributed by atoms with Crippen molar-refractivity contribution in [3.63, 3.8) is 0 Å². The molecule has 2 aromatic heterocycles. The number of aromatic nitrogens is 4. The van der Waals surface area contributed by atoms with Crippen molar-refractivity contribution in [2.75, 3.05) is 0 Å². The average Bonchev–Trinajstić information content (AvgIpc) is 3.83. The second-order valence-electron chi connectivity index (χ2n) is 19.7. The monoisotopic (exact) mass is 988 g/mol. The van der Waals surface area contributed by atoms with E-state index in [1.807, 2.05) is 36.4 Å². The van der Waals surface area contributed by atoms with Gasteiger partial charge in [0, 0.05) is 33.2 Å². The van der Waals surface area contributed by atoms with Gasteiger partial charge in [-0.05, 0) is 110 Å². The van der Waals surface area contributed by atoms with Crippen LogP contribution in [-0.4, -0.2) is 27.6 Å². The van der Waals surface area contributed by atoms with E-state index in [0.29, 0.717) is 17.5 Å². The van der Waals surface area contributed by atoms with Gasteiger partial charge in [-0.2, -0.15) is 0 Å². The third-order valence-electron chi connectivity index (χ3n) is 15.0. The quantitative estimate of drug-likeness (QED) is 0.0958. The molecule has 13 rings (SSSR count). The Morgan fingerprint density at radius 3 is 1.13 bits per heavy atom. The molecule has 0 saturated carbocycles. The Morgan fingerprint density at radius 1 is 0.276 bits per heavy atom. The lowest BCUT2D eigenvalue weighted by Crippen LogP contribution is -2.74. The molecule has 0 aliphatic carbocycles. The summed E-state index contributed by atoms with van der Waals surface area (Å²) in [6, 6.07) is 102. The van der Waals surface area contributed by atoms with Gasteiger partial charge in [0.2, 0.25) is 0 Å². The highest BCUT2D eigenvalue weighted by molar-refractivity contribution is 7.19. The number of rotatable bonds is 11. The predicted octanol–water partition coefficient (Wildman–Crippen LogP) is 15.0. The minimum atomic E-state index is -2.93. The third-order valence-corrected chi connectivity index (χ3v) is 19.7. The summed E-state index contributed by atoms with van der Waals surface area (Å²) in [5, 5.41) is 7.61. The maximum Gasteiger partial charge on any atom is 0.179 e. The molecule has 13 aromatic rings. The molecule has 5 heteroatoms. The van der Waals surface area contributed by atoms with Gasteiger partial charge in [0.1, 0.15) is 0 Å². The molecular formula is C71H52N4Si. The van der Waals surface area contributed by atoms with E-state index in [4.69, 9.17) is 15.0 Å². The second-order valence-corrected chi connectivity index (χ2v) is 23.5. The zero-order valence-electron chi connectivity index (χ0n) is 42.3. The van der Waals surface area contributed by atoms with Crippen molar-refractivity contribution in [3.8, 4) is 73.2 Å². The molecule has 0 unspecified atom stereocenters. The Balaban J connectivity index is 1.09. The maximum absolute atomic E-state index is 5.36. The van der Waals surface area contributed by atoms with E-state index in [9.17, 15) is 0 Å². The lowest BCUT2D eigenvalue weighted by atomic mass is 9.98. The Morgan fingerprint density at radius 2 is 0.671 bits per heavy atom. The number of fused-ring (bicyclic) bond motifs is 3. The van der Waals surface area contributed by atoms with Crippen molar-refractivity contribution in [3.05, 3.63) is 290 Å². The second kappa shape index (κ2) is 19.7. The Bertz CT molecular complexity index is 3940. The van der Waals surface area contributed by atoms with Crippen molar-refractivity contribution in [1.82, 2.24) is 19.5 Å². The van der Waals surface area contributed by atoms with Crippen LogP contribution in [0.5, 0.6) is 0 Å². The largest absolute Gasteiger partial charge is 0.309 e. The number of benzene rings is 11. The molecule has 11 aromatic carbocycles. The lowest BCUT2D eigenvalue weighted by molar-refractivity contribution is 1.07. The van der Waals surface area contributed by atoms with E-state index in [1.54, 1.807) is 0 Å². The van der Waals surface area contributed by atoms with Crippen LogP contribution in [0.1, 0.15) is 11.1 Å². The fourth-order valence-corrected chi connectivity index (χ4v) is 16.0. The molecule has 2 heterocycles. The van der Waals surface area contributed by atoms with Crippen molar-refractivity contribution >= 4 is 50.6 Å². The molecule has 0 aliphatic heterocycles. The van der Waals surface area contributed by atoms with E-state index < -0.39 is 8.07 Å². The van der Waals surface area contributed by atoms with E-state index in [2.05, 4.69) is 261 Å². The van der Waals surface area contributed by atoms with Crippen LogP contribution in [0.2, 0.25) is 0 Å². The topological polar surface area (TPSA) is 43.6 Å². The van der Waals surface area contributed by atoms with Gasteiger partial charge in [-0.15, -0.1) is 0 Å². The van der Waals surface area contributed by atoms with Gasteiger partial charge in [-0.3, -0.25) is 0 Å².